The molecule has 0 bridgehead atoms. The summed E-state index contributed by atoms with van der Waals surface area (Å²) in [5.41, 5.74) is 0.958. The van der Waals surface area contributed by atoms with Gasteiger partial charge in [-0.05, 0) is 44.4 Å². The lowest BCUT2D eigenvalue weighted by Crippen LogP contribution is -2.37. The Kier molecular flexibility index (Phi) is 9.79. The van der Waals surface area contributed by atoms with Crippen LogP contribution in [0.1, 0.15) is 32.3 Å². The number of pyridine rings is 1. The second-order valence-corrected chi connectivity index (χ2v) is 6.09. The molecule has 0 atom stereocenters. The Morgan fingerprint density at radius 1 is 1.14 bits per heavy atom. The second-order valence-electron chi connectivity index (χ2n) is 6.09. The molecule has 2 rings (SSSR count). The molecule has 1 aromatic heterocycles. The van der Waals surface area contributed by atoms with Crippen LogP contribution in [0.4, 0.5) is 4.39 Å². The fraction of sp³-hybridized carbons (Fsp3) is 0.429. The summed E-state index contributed by atoms with van der Waals surface area (Å²) in [4.78, 5) is 8.84. The first-order valence-electron chi connectivity index (χ1n) is 9.69. The molecule has 0 saturated carbocycles. The van der Waals surface area contributed by atoms with Crippen molar-refractivity contribution in [1.29, 1.82) is 0 Å². The summed E-state index contributed by atoms with van der Waals surface area (Å²) in [5.74, 6) is 1.27. The summed E-state index contributed by atoms with van der Waals surface area (Å²) in [6, 6.07) is 9.63. The lowest BCUT2D eigenvalue weighted by molar-refractivity contribution is 0.143. The van der Waals surface area contributed by atoms with Gasteiger partial charge >= 0.3 is 0 Å². The van der Waals surface area contributed by atoms with Crippen molar-refractivity contribution in [3.63, 3.8) is 0 Å². The molecule has 0 aliphatic rings. The van der Waals surface area contributed by atoms with E-state index in [1.807, 2.05) is 19.9 Å². The average molecular weight is 388 g/mol. The monoisotopic (exact) mass is 388 g/mol. The Morgan fingerprint density at radius 3 is 2.75 bits per heavy atom. The predicted octanol–water partition coefficient (Wildman–Crippen LogP) is 3.88. The van der Waals surface area contributed by atoms with Crippen molar-refractivity contribution in [2.45, 2.75) is 33.2 Å². The van der Waals surface area contributed by atoms with Gasteiger partial charge in [0.1, 0.15) is 11.6 Å². The van der Waals surface area contributed by atoms with E-state index in [1.165, 1.54) is 12.1 Å². The standard InChI is InChI=1S/C21H29FN4O2/c1-3-23-21(24-12-5-6-13-27-4-2)26-16-17-10-11-20(25-15-17)28-19-9-7-8-18(22)14-19/h7-11,14-15H,3-6,12-13,16H2,1-2H3,(H2,23,24,26). The number of hydrogen-bond donors (Lipinski definition) is 2. The first-order chi connectivity index (χ1) is 13.7. The molecule has 0 spiro atoms. The molecule has 0 amide bonds. The molecule has 28 heavy (non-hydrogen) atoms. The fourth-order valence-electron chi connectivity index (χ4n) is 2.41. The minimum atomic E-state index is -0.343. The highest BCUT2D eigenvalue weighted by atomic mass is 19.1. The van der Waals surface area contributed by atoms with Crippen LogP contribution >= 0.6 is 0 Å². The van der Waals surface area contributed by atoms with E-state index >= 15 is 0 Å². The highest BCUT2D eigenvalue weighted by Crippen LogP contribution is 2.20. The fourth-order valence-corrected chi connectivity index (χ4v) is 2.41. The number of aromatic nitrogens is 1. The number of rotatable bonds is 11. The Labute approximate surface area is 166 Å². The van der Waals surface area contributed by atoms with Crippen LogP contribution in [-0.4, -0.2) is 37.2 Å². The minimum absolute atomic E-state index is 0.343. The predicted molar refractivity (Wildman–Crippen MR) is 109 cm³/mol. The first-order valence-corrected chi connectivity index (χ1v) is 9.69. The zero-order valence-electron chi connectivity index (χ0n) is 16.6. The molecule has 1 aromatic carbocycles. The summed E-state index contributed by atoms with van der Waals surface area (Å²) in [6.07, 6.45) is 3.76. The van der Waals surface area contributed by atoms with Gasteiger partial charge in [0.15, 0.2) is 5.96 Å². The Bertz CT molecular complexity index is 723. The van der Waals surface area contributed by atoms with Crippen LogP contribution in [0.5, 0.6) is 11.6 Å². The number of benzene rings is 1. The van der Waals surface area contributed by atoms with Crippen LogP contribution in [0.3, 0.4) is 0 Å². The van der Waals surface area contributed by atoms with Crippen molar-refractivity contribution in [1.82, 2.24) is 15.6 Å². The summed E-state index contributed by atoms with van der Waals surface area (Å²) in [7, 11) is 0. The second kappa shape index (κ2) is 12.7. The van der Waals surface area contributed by atoms with Crippen LogP contribution in [0.25, 0.3) is 0 Å². The van der Waals surface area contributed by atoms with E-state index in [4.69, 9.17) is 9.47 Å². The third-order valence-corrected chi connectivity index (χ3v) is 3.79. The van der Waals surface area contributed by atoms with Gasteiger partial charge in [0.25, 0.3) is 0 Å². The Balaban J connectivity index is 1.82. The molecule has 2 aromatic rings. The van der Waals surface area contributed by atoms with Crippen molar-refractivity contribution in [2.24, 2.45) is 4.99 Å². The van der Waals surface area contributed by atoms with Gasteiger partial charge < -0.3 is 20.1 Å². The normalized spacial score (nSPS) is 11.3. The van der Waals surface area contributed by atoms with E-state index < -0.39 is 0 Å². The molecule has 152 valence electrons. The van der Waals surface area contributed by atoms with Crippen molar-refractivity contribution < 1.29 is 13.9 Å². The van der Waals surface area contributed by atoms with E-state index in [9.17, 15) is 4.39 Å². The molecule has 0 aliphatic carbocycles. The topological polar surface area (TPSA) is 67.8 Å². The Morgan fingerprint density at radius 2 is 2.04 bits per heavy atom. The van der Waals surface area contributed by atoms with Gasteiger partial charge in [0.05, 0.1) is 6.54 Å². The molecule has 0 saturated heterocycles. The van der Waals surface area contributed by atoms with E-state index in [2.05, 4.69) is 20.6 Å². The van der Waals surface area contributed by atoms with E-state index in [0.29, 0.717) is 18.2 Å². The molecule has 0 unspecified atom stereocenters. The average Bonchev–Trinajstić information content (AvgIpc) is 2.70. The van der Waals surface area contributed by atoms with Gasteiger partial charge in [-0.25, -0.2) is 14.4 Å². The first kappa shape index (κ1) is 21.6. The van der Waals surface area contributed by atoms with E-state index in [1.54, 1.807) is 24.4 Å². The maximum Gasteiger partial charge on any atom is 0.219 e. The summed E-state index contributed by atoms with van der Waals surface area (Å²) < 4.78 is 24.1. The summed E-state index contributed by atoms with van der Waals surface area (Å²) in [6.45, 7) is 7.73. The molecule has 1 heterocycles. The quantitative estimate of drug-likeness (QED) is 0.347. The number of halogens is 1. The van der Waals surface area contributed by atoms with Gasteiger partial charge in [0, 0.05) is 44.6 Å². The molecular formula is C21H29FN4O2. The van der Waals surface area contributed by atoms with Gasteiger partial charge in [-0.2, -0.15) is 0 Å². The zero-order chi connectivity index (χ0) is 20.0. The zero-order valence-corrected chi connectivity index (χ0v) is 16.6. The molecule has 0 aliphatic heterocycles. The lowest BCUT2D eigenvalue weighted by Gasteiger charge is -2.11. The van der Waals surface area contributed by atoms with Crippen molar-refractivity contribution in [2.75, 3.05) is 26.3 Å². The van der Waals surface area contributed by atoms with Crippen molar-refractivity contribution in [3.8, 4) is 11.6 Å². The molecule has 0 radical (unpaired) electrons. The number of unbranched alkanes of at least 4 members (excludes halogenated alkanes) is 1. The SMILES string of the molecule is CCNC(=NCc1ccc(Oc2cccc(F)c2)nc1)NCCCCOCC. The van der Waals surface area contributed by atoms with Crippen LogP contribution in [0.15, 0.2) is 47.6 Å². The van der Waals surface area contributed by atoms with E-state index in [0.717, 1.165) is 50.7 Å². The summed E-state index contributed by atoms with van der Waals surface area (Å²) in [5, 5.41) is 6.55. The maximum absolute atomic E-state index is 13.2. The van der Waals surface area contributed by atoms with Gasteiger partial charge in [0.2, 0.25) is 5.88 Å². The van der Waals surface area contributed by atoms with Gasteiger partial charge in [-0.15, -0.1) is 0 Å². The van der Waals surface area contributed by atoms with Crippen molar-refractivity contribution in [3.05, 3.63) is 54.0 Å². The van der Waals surface area contributed by atoms with Crippen LogP contribution < -0.4 is 15.4 Å². The summed E-state index contributed by atoms with van der Waals surface area (Å²) >= 11 is 0. The largest absolute Gasteiger partial charge is 0.439 e. The highest BCUT2D eigenvalue weighted by Gasteiger charge is 2.02. The van der Waals surface area contributed by atoms with Gasteiger partial charge in [-0.1, -0.05) is 12.1 Å². The lowest BCUT2D eigenvalue weighted by atomic mass is 10.3. The molecule has 0 fully saturated rings. The van der Waals surface area contributed by atoms with Crippen LogP contribution in [0.2, 0.25) is 0 Å². The smallest absolute Gasteiger partial charge is 0.219 e. The number of guanidine groups is 1. The molecule has 6 nitrogen and oxygen atoms in total. The molecule has 7 heteroatoms. The number of nitrogens with one attached hydrogen (secondary N) is 2. The molecular weight excluding hydrogens is 359 g/mol. The van der Waals surface area contributed by atoms with Crippen LogP contribution in [-0.2, 0) is 11.3 Å². The van der Waals surface area contributed by atoms with E-state index in [-0.39, 0.29) is 5.82 Å². The maximum atomic E-state index is 13.2. The number of hydrogen-bond acceptors (Lipinski definition) is 4. The Hall–Kier alpha value is -2.67. The highest BCUT2D eigenvalue weighted by molar-refractivity contribution is 5.79. The van der Waals surface area contributed by atoms with Crippen LogP contribution in [0, 0.1) is 5.82 Å². The third kappa shape index (κ3) is 8.35. The minimum Gasteiger partial charge on any atom is -0.439 e. The van der Waals surface area contributed by atoms with Crippen molar-refractivity contribution >= 4 is 5.96 Å². The number of ether oxygens (including phenoxy) is 2. The number of aliphatic imine (C=N–C) groups is 1. The third-order valence-electron chi connectivity index (χ3n) is 3.79. The van der Waals surface area contributed by atoms with Gasteiger partial charge in [-0.3, -0.25) is 0 Å². The number of nitrogens with zero attached hydrogens (tertiary/aromatic N) is 2. The molecule has 2 N–H and O–H groups in total.